The highest BCUT2D eigenvalue weighted by atomic mass is 32.2. The number of fused-ring (bicyclic) bond motifs is 1. The maximum absolute atomic E-state index is 13.6. The Morgan fingerprint density at radius 1 is 1.25 bits per heavy atom. The molecule has 1 aromatic heterocycles. The van der Waals surface area contributed by atoms with Crippen molar-refractivity contribution in [1.29, 1.82) is 0 Å². The molecule has 0 bridgehead atoms. The number of amides is 1. The molecule has 24 heavy (non-hydrogen) atoms. The molecule has 124 valence electrons. The Labute approximate surface area is 148 Å². The van der Waals surface area contributed by atoms with Gasteiger partial charge in [0, 0.05) is 10.1 Å². The number of aromatic nitrogens is 1. The van der Waals surface area contributed by atoms with Crippen LogP contribution in [-0.2, 0) is 11.2 Å². The van der Waals surface area contributed by atoms with Crippen molar-refractivity contribution < 1.29 is 9.18 Å². The van der Waals surface area contributed by atoms with E-state index < -0.39 is 0 Å². The lowest BCUT2D eigenvalue weighted by Crippen LogP contribution is -2.14. The SMILES string of the molecule is CC(C)Sc1ccc(CC(=O)Nc2nc3c(F)cccc3s2)cc1. The van der Waals surface area contributed by atoms with Crippen LogP contribution < -0.4 is 5.32 Å². The molecule has 0 spiro atoms. The first-order chi connectivity index (χ1) is 11.5. The molecule has 0 saturated carbocycles. The highest BCUT2D eigenvalue weighted by molar-refractivity contribution is 7.99. The van der Waals surface area contributed by atoms with E-state index in [0.29, 0.717) is 15.9 Å². The van der Waals surface area contributed by atoms with Gasteiger partial charge >= 0.3 is 0 Å². The standard InChI is InChI=1S/C18H17FN2OS2/c1-11(2)23-13-8-6-12(7-9-13)10-16(22)20-18-21-17-14(19)4-3-5-15(17)24-18/h3-9,11H,10H2,1-2H3,(H,20,21,22). The maximum atomic E-state index is 13.6. The molecule has 1 amide bonds. The molecule has 2 aromatic carbocycles. The zero-order valence-electron chi connectivity index (χ0n) is 13.4. The molecule has 3 nitrogen and oxygen atoms in total. The molecule has 0 aliphatic rings. The number of nitrogens with zero attached hydrogens (tertiary/aromatic N) is 1. The lowest BCUT2D eigenvalue weighted by molar-refractivity contribution is -0.115. The zero-order valence-corrected chi connectivity index (χ0v) is 15.0. The first-order valence-corrected chi connectivity index (χ1v) is 9.31. The average molecular weight is 360 g/mol. The van der Waals surface area contributed by atoms with E-state index >= 15 is 0 Å². The van der Waals surface area contributed by atoms with Crippen LogP contribution >= 0.6 is 23.1 Å². The lowest BCUT2D eigenvalue weighted by atomic mass is 10.1. The van der Waals surface area contributed by atoms with Crippen molar-refractivity contribution >= 4 is 44.4 Å². The summed E-state index contributed by atoms with van der Waals surface area (Å²) in [6, 6.07) is 12.8. The third kappa shape index (κ3) is 4.13. The number of carbonyl (C=O) groups excluding carboxylic acids is 1. The maximum Gasteiger partial charge on any atom is 0.230 e. The van der Waals surface area contributed by atoms with Gasteiger partial charge in [-0.3, -0.25) is 4.79 Å². The van der Waals surface area contributed by atoms with Crippen molar-refractivity contribution in [2.24, 2.45) is 0 Å². The Bertz CT molecular complexity index is 859. The normalized spacial score (nSPS) is 11.2. The van der Waals surface area contributed by atoms with Crippen LogP contribution in [0.15, 0.2) is 47.4 Å². The summed E-state index contributed by atoms with van der Waals surface area (Å²) >= 11 is 3.06. The van der Waals surface area contributed by atoms with Crippen LogP contribution in [0.2, 0.25) is 0 Å². The van der Waals surface area contributed by atoms with Gasteiger partial charge in [0.25, 0.3) is 0 Å². The van der Waals surface area contributed by atoms with E-state index in [-0.39, 0.29) is 18.1 Å². The molecular weight excluding hydrogens is 343 g/mol. The summed E-state index contributed by atoms with van der Waals surface area (Å²) in [4.78, 5) is 17.5. The molecule has 0 radical (unpaired) electrons. The lowest BCUT2D eigenvalue weighted by Gasteiger charge is -2.06. The van der Waals surface area contributed by atoms with Gasteiger partial charge in [0.2, 0.25) is 5.91 Å². The van der Waals surface area contributed by atoms with Crippen molar-refractivity contribution in [2.75, 3.05) is 5.32 Å². The van der Waals surface area contributed by atoms with Crippen molar-refractivity contribution in [2.45, 2.75) is 30.4 Å². The molecule has 3 rings (SSSR count). The van der Waals surface area contributed by atoms with Gasteiger partial charge in [-0.15, -0.1) is 11.8 Å². The van der Waals surface area contributed by atoms with Crippen LogP contribution in [0, 0.1) is 5.82 Å². The minimum Gasteiger partial charge on any atom is -0.302 e. The molecule has 1 heterocycles. The summed E-state index contributed by atoms with van der Waals surface area (Å²) in [5, 5.41) is 3.70. The Hall–Kier alpha value is -1.92. The summed E-state index contributed by atoms with van der Waals surface area (Å²) in [5.41, 5.74) is 1.24. The van der Waals surface area contributed by atoms with Crippen molar-refractivity contribution in [3.8, 4) is 0 Å². The van der Waals surface area contributed by atoms with Crippen molar-refractivity contribution in [3.63, 3.8) is 0 Å². The molecule has 0 aliphatic carbocycles. The number of thiazole rings is 1. The number of anilines is 1. The van der Waals surface area contributed by atoms with E-state index in [9.17, 15) is 9.18 Å². The Morgan fingerprint density at radius 3 is 2.67 bits per heavy atom. The Kier molecular flexibility index (Phi) is 5.16. The van der Waals surface area contributed by atoms with E-state index in [1.54, 1.807) is 23.9 Å². The average Bonchev–Trinajstić information content (AvgIpc) is 2.92. The summed E-state index contributed by atoms with van der Waals surface area (Å²) in [7, 11) is 0. The summed E-state index contributed by atoms with van der Waals surface area (Å²) in [6.07, 6.45) is 0.269. The number of halogens is 1. The van der Waals surface area contributed by atoms with E-state index in [4.69, 9.17) is 0 Å². The first-order valence-electron chi connectivity index (χ1n) is 7.62. The van der Waals surface area contributed by atoms with Crippen molar-refractivity contribution in [1.82, 2.24) is 4.98 Å². The van der Waals surface area contributed by atoms with Crippen LogP contribution in [-0.4, -0.2) is 16.1 Å². The quantitative estimate of drug-likeness (QED) is 0.642. The minimum atomic E-state index is -0.373. The van der Waals surface area contributed by atoms with Gasteiger partial charge in [0.05, 0.1) is 11.1 Å². The van der Waals surface area contributed by atoms with Gasteiger partial charge < -0.3 is 5.32 Å². The fourth-order valence-corrected chi connectivity index (χ4v) is 4.01. The van der Waals surface area contributed by atoms with E-state index in [0.717, 1.165) is 10.3 Å². The van der Waals surface area contributed by atoms with Crippen LogP contribution in [0.4, 0.5) is 9.52 Å². The zero-order chi connectivity index (χ0) is 17.1. The fraction of sp³-hybridized carbons (Fsp3) is 0.222. The minimum absolute atomic E-state index is 0.154. The number of para-hydroxylation sites is 1. The summed E-state index contributed by atoms with van der Waals surface area (Å²) in [5.74, 6) is -0.527. The predicted octanol–water partition coefficient (Wildman–Crippen LogP) is 5.12. The second-order valence-corrected chi connectivity index (χ2v) is 8.32. The van der Waals surface area contributed by atoms with Crippen LogP contribution in [0.25, 0.3) is 10.2 Å². The largest absolute Gasteiger partial charge is 0.302 e. The molecule has 3 aromatic rings. The number of rotatable bonds is 5. The molecule has 1 N–H and O–H groups in total. The molecule has 0 aliphatic heterocycles. The van der Waals surface area contributed by atoms with Gasteiger partial charge in [0.1, 0.15) is 11.3 Å². The Balaban J connectivity index is 1.65. The topological polar surface area (TPSA) is 42.0 Å². The molecular formula is C18H17FN2OS2. The molecule has 6 heteroatoms. The van der Waals surface area contributed by atoms with Crippen LogP contribution in [0.1, 0.15) is 19.4 Å². The Morgan fingerprint density at radius 2 is 2.00 bits per heavy atom. The second kappa shape index (κ2) is 7.32. The second-order valence-electron chi connectivity index (χ2n) is 5.64. The van der Waals surface area contributed by atoms with E-state index in [1.165, 1.54) is 22.3 Å². The van der Waals surface area contributed by atoms with Crippen molar-refractivity contribution in [3.05, 3.63) is 53.8 Å². The highest BCUT2D eigenvalue weighted by Gasteiger charge is 2.11. The van der Waals surface area contributed by atoms with Gasteiger partial charge in [-0.2, -0.15) is 0 Å². The third-order valence-corrected chi connectivity index (χ3v) is 5.23. The predicted molar refractivity (Wildman–Crippen MR) is 99.3 cm³/mol. The summed E-state index contributed by atoms with van der Waals surface area (Å²) in [6.45, 7) is 4.29. The molecule has 0 atom stereocenters. The number of hydrogen-bond donors (Lipinski definition) is 1. The number of benzene rings is 2. The van der Waals surface area contributed by atoms with Crippen LogP contribution in [0.5, 0.6) is 0 Å². The number of carbonyl (C=O) groups is 1. The van der Waals surface area contributed by atoms with E-state index in [1.807, 2.05) is 24.3 Å². The van der Waals surface area contributed by atoms with E-state index in [2.05, 4.69) is 24.1 Å². The molecule has 0 unspecified atom stereocenters. The van der Waals surface area contributed by atoms with Gasteiger partial charge in [-0.05, 0) is 29.8 Å². The highest BCUT2D eigenvalue weighted by Crippen LogP contribution is 2.27. The third-order valence-electron chi connectivity index (χ3n) is 3.28. The van der Waals surface area contributed by atoms with Gasteiger partial charge in [-0.1, -0.05) is 43.4 Å². The van der Waals surface area contributed by atoms with Gasteiger partial charge in [-0.25, -0.2) is 9.37 Å². The first kappa shape index (κ1) is 16.9. The number of nitrogens with one attached hydrogen (secondary N) is 1. The number of thioether (sulfide) groups is 1. The van der Waals surface area contributed by atoms with Crippen LogP contribution in [0.3, 0.4) is 0 Å². The molecule has 0 fully saturated rings. The monoisotopic (exact) mass is 360 g/mol. The number of hydrogen-bond acceptors (Lipinski definition) is 4. The molecule has 0 saturated heterocycles. The summed E-state index contributed by atoms with van der Waals surface area (Å²) < 4.78 is 14.4. The smallest absolute Gasteiger partial charge is 0.230 e. The fourth-order valence-electron chi connectivity index (χ4n) is 2.28. The van der Waals surface area contributed by atoms with Gasteiger partial charge in [0.15, 0.2) is 5.13 Å².